The summed E-state index contributed by atoms with van der Waals surface area (Å²) >= 11 is 15.6. The van der Waals surface area contributed by atoms with Crippen LogP contribution in [0.25, 0.3) is 0 Å². The smallest absolute Gasteiger partial charge is 0.259 e. The molecule has 0 aliphatic heterocycles. The summed E-state index contributed by atoms with van der Waals surface area (Å²) in [5.74, 6) is 0.187. The molecule has 0 spiro atoms. The Morgan fingerprint density at radius 1 is 0.895 bits per heavy atom. The molecule has 0 aromatic heterocycles. The normalized spacial score (nSPS) is 9.84. The molecule has 1 rings (SSSR count). The SMILES string of the molecule is O=C(Cl)COc1ccc(C(=O)Cl)cc1OCC(=O)Cl. The number of halogens is 3. The zero-order valence-corrected chi connectivity index (χ0v) is 11.6. The fourth-order valence-corrected chi connectivity index (χ4v) is 1.36. The maximum absolute atomic E-state index is 11.0. The van der Waals surface area contributed by atoms with Crippen molar-refractivity contribution in [3.63, 3.8) is 0 Å². The van der Waals surface area contributed by atoms with Gasteiger partial charge in [0.05, 0.1) is 0 Å². The van der Waals surface area contributed by atoms with Crippen LogP contribution in [0.3, 0.4) is 0 Å². The first kappa shape index (κ1) is 15.8. The van der Waals surface area contributed by atoms with Gasteiger partial charge in [0.1, 0.15) is 0 Å². The highest BCUT2D eigenvalue weighted by atomic mass is 35.5. The van der Waals surface area contributed by atoms with Crippen LogP contribution in [-0.4, -0.2) is 28.9 Å². The molecule has 0 heterocycles. The highest BCUT2D eigenvalue weighted by Gasteiger charge is 2.12. The van der Waals surface area contributed by atoms with Crippen LogP contribution in [0, 0.1) is 0 Å². The molecule has 19 heavy (non-hydrogen) atoms. The van der Waals surface area contributed by atoms with Crippen molar-refractivity contribution in [2.24, 2.45) is 0 Å². The number of benzene rings is 1. The molecule has 0 atom stereocenters. The molecule has 102 valence electrons. The minimum atomic E-state index is -0.734. The summed E-state index contributed by atoms with van der Waals surface area (Å²) in [6, 6.07) is 4.01. The van der Waals surface area contributed by atoms with E-state index in [0.29, 0.717) is 0 Å². The predicted octanol–water partition coefficient (Wildman–Crippen LogP) is 2.35. The molecule has 0 saturated heterocycles. The van der Waals surface area contributed by atoms with Gasteiger partial charge in [0.2, 0.25) is 0 Å². The lowest BCUT2D eigenvalue weighted by molar-refractivity contribution is -0.114. The topological polar surface area (TPSA) is 69.7 Å². The van der Waals surface area contributed by atoms with Gasteiger partial charge in [-0.05, 0) is 53.0 Å². The van der Waals surface area contributed by atoms with E-state index in [1.54, 1.807) is 0 Å². The third-order valence-electron chi connectivity index (χ3n) is 1.85. The minimum absolute atomic E-state index is 0.0541. The standard InChI is InChI=1S/C11H7Cl3O5/c12-9(15)4-18-7-2-1-6(11(14)17)3-8(7)19-5-10(13)16/h1-3H,4-5H2. The lowest BCUT2D eigenvalue weighted by Gasteiger charge is -2.11. The fraction of sp³-hybridized carbons (Fsp3) is 0.182. The van der Waals surface area contributed by atoms with Crippen LogP contribution in [0.1, 0.15) is 10.4 Å². The van der Waals surface area contributed by atoms with Gasteiger partial charge < -0.3 is 9.47 Å². The van der Waals surface area contributed by atoms with Gasteiger partial charge in [0.25, 0.3) is 15.7 Å². The van der Waals surface area contributed by atoms with E-state index in [1.165, 1.54) is 18.2 Å². The molecule has 0 saturated carbocycles. The van der Waals surface area contributed by atoms with E-state index >= 15 is 0 Å². The second-order valence-electron chi connectivity index (χ2n) is 3.22. The Bertz CT molecular complexity index is 515. The molecular formula is C11H7Cl3O5. The summed E-state index contributed by atoms with van der Waals surface area (Å²) < 4.78 is 10.1. The van der Waals surface area contributed by atoms with Crippen molar-refractivity contribution in [2.45, 2.75) is 0 Å². The summed E-state index contributed by atoms with van der Waals surface area (Å²) in [4.78, 5) is 32.3. The molecule has 0 bridgehead atoms. The number of rotatable bonds is 7. The summed E-state index contributed by atoms with van der Waals surface area (Å²) in [6.45, 7) is -0.812. The van der Waals surface area contributed by atoms with Gasteiger partial charge in [-0.1, -0.05) is 0 Å². The van der Waals surface area contributed by atoms with Crippen LogP contribution in [0.15, 0.2) is 18.2 Å². The van der Waals surface area contributed by atoms with Crippen LogP contribution in [0.4, 0.5) is 0 Å². The highest BCUT2D eigenvalue weighted by Crippen LogP contribution is 2.29. The Morgan fingerprint density at radius 3 is 1.89 bits per heavy atom. The maximum Gasteiger partial charge on any atom is 0.259 e. The average molecular weight is 326 g/mol. The molecule has 1 aromatic carbocycles. The van der Waals surface area contributed by atoms with Crippen LogP contribution >= 0.6 is 34.8 Å². The van der Waals surface area contributed by atoms with Gasteiger partial charge in [-0.25, -0.2) is 0 Å². The second-order valence-corrected chi connectivity index (χ2v) is 4.41. The van der Waals surface area contributed by atoms with E-state index in [1.807, 2.05) is 0 Å². The highest BCUT2D eigenvalue weighted by molar-refractivity contribution is 6.67. The van der Waals surface area contributed by atoms with Gasteiger partial charge in [-0.3, -0.25) is 14.4 Å². The Hall–Kier alpha value is -1.30. The molecule has 0 fully saturated rings. The third-order valence-corrected chi connectivity index (χ3v) is 2.29. The predicted molar refractivity (Wildman–Crippen MR) is 69.3 cm³/mol. The molecule has 0 aliphatic carbocycles. The largest absolute Gasteiger partial charge is 0.481 e. The zero-order valence-electron chi connectivity index (χ0n) is 9.32. The number of carbonyl (C=O) groups excluding carboxylic acids is 3. The molecule has 0 unspecified atom stereocenters. The molecule has 0 aliphatic rings. The number of hydrogen-bond donors (Lipinski definition) is 0. The first-order valence-electron chi connectivity index (χ1n) is 4.86. The molecule has 5 nitrogen and oxygen atoms in total. The molecule has 0 amide bonds. The molecular weight excluding hydrogens is 318 g/mol. The second kappa shape index (κ2) is 7.33. The van der Waals surface area contributed by atoms with Gasteiger partial charge in [0.15, 0.2) is 24.7 Å². The third kappa shape index (κ3) is 5.46. The Balaban J connectivity index is 2.96. The van der Waals surface area contributed by atoms with E-state index in [4.69, 9.17) is 44.3 Å². The van der Waals surface area contributed by atoms with E-state index in [2.05, 4.69) is 0 Å². The van der Waals surface area contributed by atoms with Gasteiger partial charge in [0, 0.05) is 5.56 Å². The lowest BCUT2D eigenvalue weighted by Crippen LogP contribution is -2.09. The van der Waals surface area contributed by atoms with Crippen LogP contribution < -0.4 is 9.47 Å². The Morgan fingerprint density at radius 2 is 1.42 bits per heavy atom. The van der Waals surface area contributed by atoms with Crippen molar-refractivity contribution in [1.29, 1.82) is 0 Å². The molecule has 8 heteroatoms. The first-order chi connectivity index (χ1) is 8.90. The molecule has 1 aromatic rings. The number of ether oxygens (including phenoxy) is 2. The van der Waals surface area contributed by atoms with Crippen molar-refractivity contribution in [1.82, 2.24) is 0 Å². The fourth-order valence-electron chi connectivity index (χ4n) is 1.13. The number of carbonyl (C=O) groups is 3. The lowest BCUT2D eigenvalue weighted by atomic mass is 10.2. The zero-order chi connectivity index (χ0) is 14.4. The van der Waals surface area contributed by atoms with Crippen molar-refractivity contribution >= 4 is 50.5 Å². The van der Waals surface area contributed by atoms with Crippen molar-refractivity contribution in [2.75, 3.05) is 13.2 Å². The van der Waals surface area contributed by atoms with Crippen molar-refractivity contribution in [3.8, 4) is 11.5 Å². The summed E-state index contributed by atoms with van der Waals surface area (Å²) in [7, 11) is 0. The molecule has 0 N–H and O–H groups in total. The Labute approximate surface area is 123 Å². The maximum atomic E-state index is 11.0. The molecule has 0 radical (unpaired) electrons. The quantitative estimate of drug-likeness (QED) is 0.720. The monoisotopic (exact) mass is 324 g/mol. The van der Waals surface area contributed by atoms with Gasteiger partial charge in [-0.2, -0.15) is 0 Å². The number of hydrogen-bond acceptors (Lipinski definition) is 5. The van der Waals surface area contributed by atoms with Crippen LogP contribution in [-0.2, 0) is 9.59 Å². The van der Waals surface area contributed by atoms with Gasteiger partial charge in [-0.15, -0.1) is 0 Å². The van der Waals surface area contributed by atoms with Crippen LogP contribution in [0.5, 0.6) is 11.5 Å². The Kier molecular flexibility index (Phi) is 6.08. The summed E-state index contributed by atoms with van der Waals surface area (Å²) in [5.41, 5.74) is 0.142. The van der Waals surface area contributed by atoms with Crippen molar-refractivity contribution in [3.05, 3.63) is 23.8 Å². The van der Waals surface area contributed by atoms with E-state index in [0.717, 1.165) is 0 Å². The summed E-state index contributed by atoms with van der Waals surface area (Å²) in [6.07, 6.45) is 0. The average Bonchev–Trinajstić information content (AvgIpc) is 2.33. The van der Waals surface area contributed by atoms with Crippen LogP contribution in [0.2, 0.25) is 0 Å². The van der Waals surface area contributed by atoms with E-state index in [9.17, 15) is 14.4 Å². The minimum Gasteiger partial charge on any atom is -0.481 e. The first-order valence-corrected chi connectivity index (χ1v) is 5.99. The van der Waals surface area contributed by atoms with E-state index < -0.39 is 22.3 Å². The van der Waals surface area contributed by atoms with Crippen molar-refractivity contribution < 1.29 is 23.9 Å². The van der Waals surface area contributed by atoms with E-state index in [-0.39, 0.29) is 23.7 Å². The summed E-state index contributed by atoms with van der Waals surface area (Å²) in [5, 5.41) is -2.15. The van der Waals surface area contributed by atoms with Gasteiger partial charge >= 0.3 is 0 Å².